The Morgan fingerprint density at radius 3 is 1.48 bits per heavy atom. The van der Waals surface area contributed by atoms with Crippen molar-refractivity contribution < 1.29 is 32.9 Å². The van der Waals surface area contributed by atoms with Gasteiger partial charge in [0.1, 0.15) is 13.2 Å². The quantitative estimate of drug-likeness (QED) is 0.0247. The molecule has 0 saturated carbocycles. The van der Waals surface area contributed by atoms with E-state index in [1.807, 2.05) is 27.2 Å². The number of likely N-dealkylation sites (N-methyl/N-ethyl adjacent to an activating group) is 1. The largest absolute Gasteiger partial charge is 0.472 e. The van der Waals surface area contributed by atoms with Gasteiger partial charge in [0, 0.05) is 6.42 Å². The third-order valence-electron chi connectivity index (χ3n) is 9.83. The number of aliphatic hydroxyl groups excluding tert-OH is 1. The summed E-state index contributed by atoms with van der Waals surface area (Å²) in [5.41, 5.74) is 0. The second kappa shape index (κ2) is 37.3. The zero-order valence-electron chi connectivity index (χ0n) is 36.0. The Morgan fingerprint density at radius 2 is 1.02 bits per heavy atom. The number of unbranched alkanes of at least 4 members (excludes halogenated alkanes) is 23. The van der Waals surface area contributed by atoms with E-state index in [9.17, 15) is 19.4 Å². The Hall–Kier alpha value is -1.28. The molecule has 0 radical (unpaired) electrons. The summed E-state index contributed by atoms with van der Waals surface area (Å²) in [6, 6.07) is -0.862. The first kappa shape index (κ1) is 52.7. The Balaban J connectivity index is 4.34. The van der Waals surface area contributed by atoms with Crippen LogP contribution in [0, 0.1) is 0 Å². The lowest BCUT2D eigenvalue weighted by atomic mass is 10.1. The number of allylic oxidation sites excluding steroid dienone is 5. The van der Waals surface area contributed by atoms with Gasteiger partial charge in [-0.2, -0.15) is 0 Å². The topological polar surface area (TPSA) is 105 Å². The van der Waals surface area contributed by atoms with Crippen LogP contribution in [0.15, 0.2) is 36.5 Å². The van der Waals surface area contributed by atoms with E-state index in [2.05, 4.69) is 43.5 Å². The van der Waals surface area contributed by atoms with Gasteiger partial charge >= 0.3 is 7.82 Å². The van der Waals surface area contributed by atoms with Crippen molar-refractivity contribution >= 4 is 13.7 Å². The Morgan fingerprint density at radius 1 is 0.611 bits per heavy atom. The number of phosphoric acid groups is 1. The predicted octanol–water partition coefficient (Wildman–Crippen LogP) is 12.3. The molecule has 0 bridgehead atoms. The van der Waals surface area contributed by atoms with E-state index in [-0.39, 0.29) is 19.1 Å². The van der Waals surface area contributed by atoms with Crippen LogP contribution in [0.25, 0.3) is 0 Å². The molecule has 318 valence electrons. The van der Waals surface area contributed by atoms with Crippen LogP contribution in [0.3, 0.4) is 0 Å². The number of carbonyl (C=O) groups excluding carboxylic acids is 1. The molecule has 0 aromatic carbocycles. The number of aliphatic hydroxyl groups is 1. The second-order valence-electron chi connectivity index (χ2n) is 16.4. The summed E-state index contributed by atoms with van der Waals surface area (Å²) in [6.45, 7) is 4.76. The standard InChI is InChI=1S/C45H87N2O6P/c1-6-8-10-12-14-16-18-19-20-21-22-23-24-25-26-27-29-31-33-35-37-39-45(49)46-43(42-53-54(50,51)52-41-40-47(3,4)5)44(48)38-36-34-32-30-28-17-15-13-11-9-7-2/h23-24,28,30,36,38,43-44,48H,6-22,25-27,29,31-35,37,39-42H2,1-5H3,(H-,46,49,50,51)/p+1/b24-23-,30-28+,38-36+. The van der Waals surface area contributed by atoms with Crippen LogP contribution in [0.4, 0.5) is 0 Å². The number of quaternary nitrogens is 1. The number of rotatable bonds is 40. The number of nitrogens with one attached hydrogen (secondary N) is 1. The lowest BCUT2D eigenvalue weighted by Gasteiger charge is -2.25. The Bertz CT molecular complexity index is 980. The average molecular weight is 784 g/mol. The summed E-state index contributed by atoms with van der Waals surface area (Å²) in [5, 5.41) is 13.8. The molecular formula is C45H88N2O6P+. The first-order chi connectivity index (χ1) is 26.0. The van der Waals surface area contributed by atoms with E-state index in [0.717, 1.165) is 38.5 Å². The summed E-state index contributed by atoms with van der Waals surface area (Å²) in [4.78, 5) is 23.1. The van der Waals surface area contributed by atoms with Gasteiger partial charge < -0.3 is 19.8 Å². The van der Waals surface area contributed by atoms with Gasteiger partial charge in [0.25, 0.3) is 0 Å². The molecule has 3 unspecified atom stereocenters. The molecule has 0 rings (SSSR count). The number of carbonyl (C=O) groups is 1. The summed E-state index contributed by atoms with van der Waals surface area (Å²) < 4.78 is 23.5. The summed E-state index contributed by atoms with van der Waals surface area (Å²) in [5.74, 6) is -0.193. The second-order valence-corrected chi connectivity index (χ2v) is 17.9. The maximum absolute atomic E-state index is 12.8. The van der Waals surface area contributed by atoms with Crippen LogP contribution in [0.5, 0.6) is 0 Å². The van der Waals surface area contributed by atoms with Crippen LogP contribution < -0.4 is 5.32 Å². The van der Waals surface area contributed by atoms with Crippen molar-refractivity contribution in [2.24, 2.45) is 0 Å². The molecule has 0 fully saturated rings. The van der Waals surface area contributed by atoms with E-state index >= 15 is 0 Å². The maximum Gasteiger partial charge on any atom is 0.472 e. The van der Waals surface area contributed by atoms with Crippen LogP contribution in [0.2, 0.25) is 0 Å². The van der Waals surface area contributed by atoms with Crippen LogP contribution in [-0.2, 0) is 18.4 Å². The van der Waals surface area contributed by atoms with E-state index < -0.39 is 20.0 Å². The van der Waals surface area contributed by atoms with Gasteiger partial charge in [-0.1, -0.05) is 166 Å². The summed E-state index contributed by atoms with van der Waals surface area (Å²) in [7, 11) is 1.55. The third kappa shape index (κ3) is 39.0. The highest BCUT2D eigenvalue weighted by molar-refractivity contribution is 7.47. The molecule has 0 aliphatic heterocycles. The Kier molecular flexibility index (Phi) is 36.4. The highest BCUT2D eigenvalue weighted by atomic mass is 31.2. The molecule has 0 spiro atoms. The van der Waals surface area contributed by atoms with Crippen molar-refractivity contribution in [3.63, 3.8) is 0 Å². The fraction of sp³-hybridized carbons (Fsp3) is 0.844. The van der Waals surface area contributed by atoms with Crippen molar-refractivity contribution in [2.75, 3.05) is 40.9 Å². The molecule has 1 amide bonds. The van der Waals surface area contributed by atoms with Crippen LogP contribution in [0.1, 0.15) is 194 Å². The number of hydrogen-bond acceptors (Lipinski definition) is 5. The molecule has 0 aromatic heterocycles. The van der Waals surface area contributed by atoms with E-state index in [1.54, 1.807) is 6.08 Å². The van der Waals surface area contributed by atoms with Crippen molar-refractivity contribution in [3.8, 4) is 0 Å². The summed E-state index contributed by atoms with van der Waals surface area (Å²) in [6.07, 6.45) is 45.1. The molecule has 3 atom stereocenters. The fourth-order valence-electron chi connectivity index (χ4n) is 6.23. The summed E-state index contributed by atoms with van der Waals surface area (Å²) >= 11 is 0. The molecular weight excluding hydrogens is 695 g/mol. The fourth-order valence-corrected chi connectivity index (χ4v) is 6.96. The minimum atomic E-state index is -4.34. The monoisotopic (exact) mass is 784 g/mol. The zero-order chi connectivity index (χ0) is 40.0. The smallest absolute Gasteiger partial charge is 0.387 e. The highest BCUT2D eigenvalue weighted by Crippen LogP contribution is 2.43. The van der Waals surface area contributed by atoms with E-state index in [1.165, 1.54) is 135 Å². The molecule has 54 heavy (non-hydrogen) atoms. The third-order valence-corrected chi connectivity index (χ3v) is 10.8. The molecule has 9 heteroatoms. The van der Waals surface area contributed by atoms with Gasteiger partial charge in [0.15, 0.2) is 0 Å². The van der Waals surface area contributed by atoms with Crippen molar-refractivity contribution in [2.45, 2.75) is 206 Å². The van der Waals surface area contributed by atoms with Gasteiger partial charge in [0.2, 0.25) is 5.91 Å². The van der Waals surface area contributed by atoms with Gasteiger partial charge in [-0.05, 0) is 57.8 Å². The van der Waals surface area contributed by atoms with Gasteiger partial charge in [0.05, 0.1) is 39.9 Å². The minimum absolute atomic E-state index is 0.0551. The van der Waals surface area contributed by atoms with Crippen molar-refractivity contribution in [1.82, 2.24) is 5.32 Å². The number of hydrogen-bond donors (Lipinski definition) is 3. The molecule has 0 aromatic rings. The molecule has 3 N–H and O–H groups in total. The number of phosphoric ester groups is 1. The normalized spacial score (nSPS) is 14.7. The van der Waals surface area contributed by atoms with Crippen LogP contribution >= 0.6 is 7.82 Å². The van der Waals surface area contributed by atoms with Crippen molar-refractivity contribution in [1.29, 1.82) is 0 Å². The molecule has 0 aliphatic rings. The van der Waals surface area contributed by atoms with E-state index in [4.69, 9.17) is 9.05 Å². The molecule has 0 aliphatic carbocycles. The zero-order valence-corrected chi connectivity index (χ0v) is 36.9. The average Bonchev–Trinajstić information content (AvgIpc) is 3.12. The predicted molar refractivity (Wildman–Crippen MR) is 231 cm³/mol. The van der Waals surface area contributed by atoms with Gasteiger partial charge in [-0.15, -0.1) is 0 Å². The Labute approximate surface area is 334 Å². The highest BCUT2D eigenvalue weighted by Gasteiger charge is 2.27. The minimum Gasteiger partial charge on any atom is -0.387 e. The first-order valence-electron chi connectivity index (χ1n) is 22.4. The van der Waals surface area contributed by atoms with Crippen molar-refractivity contribution in [3.05, 3.63) is 36.5 Å². The van der Waals surface area contributed by atoms with Crippen LogP contribution in [-0.4, -0.2) is 73.4 Å². The maximum atomic E-state index is 12.8. The number of nitrogens with zero attached hydrogens (tertiary/aromatic N) is 1. The van der Waals surface area contributed by atoms with Gasteiger partial charge in [-0.3, -0.25) is 13.8 Å². The molecule has 0 heterocycles. The lowest BCUT2D eigenvalue weighted by molar-refractivity contribution is -0.870. The SMILES string of the molecule is CCCCCCC/C=C/CC/C=C/C(O)C(COP(=O)(O)OCC[N+](C)(C)C)NC(=O)CCCCCCCCC/C=C\CCCCCCCCCCCC. The molecule has 0 saturated heterocycles. The van der Waals surface area contributed by atoms with Gasteiger partial charge in [-0.25, -0.2) is 4.57 Å². The number of amides is 1. The molecule has 8 nitrogen and oxygen atoms in total. The lowest BCUT2D eigenvalue weighted by Crippen LogP contribution is -2.45. The first-order valence-corrected chi connectivity index (χ1v) is 23.9. The van der Waals surface area contributed by atoms with E-state index in [0.29, 0.717) is 17.4 Å².